The highest BCUT2D eigenvalue weighted by Crippen LogP contribution is 2.16. The van der Waals surface area contributed by atoms with Gasteiger partial charge in [0.1, 0.15) is 12.0 Å². The highest BCUT2D eigenvalue weighted by atomic mass is 16.7. The lowest BCUT2D eigenvalue weighted by Gasteiger charge is -2.18. The molecule has 96 valence electrons. The first kappa shape index (κ1) is 14.0. The topological polar surface area (TPSA) is 52.6 Å². The van der Waals surface area contributed by atoms with Crippen LogP contribution in [0.3, 0.4) is 0 Å². The predicted molar refractivity (Wildman–Crippen MR) is 67.4 cm³/mol. The average Bonchev–Trinajstić information content (AvgIpc) is 2.39. The van der Waals surface area contributed by atoms with E-state index in [9.17, 15) is 9.59 Å². The van der Waals surface area contributed by atoms with Gasteiger partial charge in [-0.15, -0.1) is 0 Å². The summed E-state index contributed by atoms with van der Waals surface area (Å²) in [6, 6.07) is 6.60. The van der Waals surface area contributed by atoms with E-state index in [1.807, 2.05) is 6.92 Å². The van der Waals surface area contributed by atoms with Crippen molar-refractivity contribution in [3.63, 3.8) is 0 Å². The molecule has 0 N–H and O–H groups in total. The summed E-state index contributed by atoms with van der Waals surface area (Å²) < 4.78 is 10.6. The lowest BCUT2D eigenvalue weighted by molar-refractivity contribution is -0.158. The van der Waals surface area contributed by atoms with Crippen molar-refractivity contribution in [3.8, 4) is 5.75 Å². The van der Waals surface area contributed by atoms with Gasteiger partial charge in [0.2, 0.25) is 6.29 Å². The Bertz CT molecular complexity index is 408. The molecule has 0 saturated heterocycles. The number of benzene rings is 1. The Labute approximate surface area is 106 Å². The molecule has 0 spiro atoms. The van der Waals surface area contributed by atoms with Crippen LogP contribution in [-0.4, -0.2) is 18.5 Å². The first-order valence-electron chi connectivity index (χ1n) is 5.74. The molecule has 0 radical (unpaired) electrons. The summed E-state index contributed by atoms with van der Waals surface area (Å²) in [4.78, 5) is 21.6. The zero-order valence-corrected chi connectivity index (χ0v) is 10.3. The van der Waals surface area contributed by atoms with Gasteiger partial charge in [0, 0.05) is 18.1 Å². The minimum Gasteiger partial charge on any atom is -0.455 e. The summed E-state index contributed by atoms with van der Waals surface area (Å²) in [5, 5.41) is 0. The van der Waals surface area contributed by atoms with Crippen molar-refractivity contribution in [3.05, 3.63) is 42.5 Å². The maximum atomic E-state index is 11.1. The van der Waals surface area contributed by atoms with Crippen molar-refractivity contribution in [2.75, 3.05) is 0 Å². The lowest BCUT2D eigenvalue weighted by atomic mass is 10.2. The molecule has 0 bridgehead atoms. The molecule has 0 heterocycles. The van der Waals surface area contributed by atoms with Crippen molar-refractivity contribution >= 4 is 12.3 Å². The molecule has 1 aromatic rings. The quantitative estimate of drug-likeness (QED) is 0.322. The van der Waals surface area contributed by atoms with Gasteiger partial charge in [0.15, 0.2) is 0 Å². The maximum Gasteiger partial charge on any atom is 0.333 e. The third-order valence-electron chi connectivity index (χ3n) is 2.22. The van der Waals surface area contributed by atoms with Gasteiger partial charge < -0.3 is 9.47 Å². The zero-order chi connectivity index (χ0) is 13.4. The van der Waals surface area contributed by atoms with Crippen molar-refractivity contribution in [1.82, 2.24) is 0 Å². The van der Waals surface area contributed by atoms with Crippen LogP contribution in [-0.2, 0) is 9.53 Å². The number of rotatable bonds is 7. The Kier molecular flexibility index (Phi) is 5.64. The molecule has 0 aliphatic heterocycles. The number of hydrogen-bond acceptors (Lipinski definition) is 4. The molecule has 18 heavy (non-hydrogen) atoms. The lowest BCUT2D eigenvalue weighted by Crippen LogP contribution is -2.23. The molecular weight excluding hydrogens is 232 g/mol. The van der Waals surface area contributed by atoms with Gasteiger partial charge in [-0.3, -0.25) is 4.79 Å². The second-order valence-electron chi connectivity index (χ2n) is 3.66. The smallest absolute Gasteiger partial charge is 0.333 e. The SMILES string of the molecule is C=CC(=O)OC(CCC)Oc1ccc(C=O)cc1. The van der Waals surface area contributed by atoms with Crippen molar-refractivity contribution in [1.29, 1.82) is 0 Å². The molecule has 4 heteroatoms. The number of ether oxygens (including phenoxy) is 2. The summed E-state index contributed by atoms with van der Waals surface area (Å²) in [6.07, 6.45) is 2.63. The molecule has 0 fully saturated rings. The van der Waals surface area contributed by atoms with Gasteiger partial charge in [-0.05, 0) is 30.7 Å². The van der Waals surface area contributed by atoms with Crippen LogP contribution >= 0.6 is 0 Å². The van der Waals surface area contributed by atoms with E-state index in [1.165, 1.54) is 0 Å². The summed E-state index contributed by atoms with van der Waals surface area (Å²) in [5.74, 6) is 0.0360. The Balaban J connectivity index is 2.66. The summed E-state index contributed by atoms with van der Waals surface area (Å²) in [5.41, 5.74) is 0.567. The van der Waals surface area contributed by atoms with Crippen LogP contribution in [0.15, 0.2) is 36.9 Å². The molecule has 1 atom stereocenters. The van der Waals surface area contributed by atoms with Crippen molar-refractivity contribution in [2.24, 2.45) is 0 Å². The first-order valence-corrected chi connectivity index (χ1v) is 5.74. The summed E-state index contributed by atoms with van der Waals surface area (Å²) in [7, 11) is 0. The molecule has 0 saturated carbocycles. The molecule has 0 aliphatic carbocycles. The number of carbonyl (C=O) groups excluding carboxylic acids is 2. The van der Waals surface area contributed by atoms with Crippen LogP contribution in [0.4, 0.5) is 0 Å². The highest BCUT2D eigenvalue weighted by Gasteiger charge is 2.13. The molecule has 1 aromatic carbocycles. The first-order chi connectivity index (χ1) is 8.69. The fourth-order valence-electron chi connectivity index (χ4n) is 1.33. The molecule has 4 nitrogen and oxygen atoms in total. The Morgan fingerprint density at radius 1 is 1.39 bits per heavy atom. The standard InChI is InChI=1S/C14H16O4/c1-3-5-14(18-13(16)4-2)17-12-8-6-11(10-15)7-9-12/h4,6-10,14H,2-3,5H2,1H3. The molecular formula is C14H16O4. The van der Waals surface area contributed by atoms with Crippen LogP contribution < -0.4 is 4.74 Å². The minimum absolute atomic E-state index is 0.516. The fourth-order valence-corrected chi connectivity index (χ4v) is 1.33. The van der Waals surface area contributed by atoms with Crippen LogP contribution in [0.1, 0.15) is 30.1 Å². The van der Waals surface area contributed by atoms with E-state index in [-0.39, 0.29) is 0 Å². The van der Waals surface area contributed by atoms with E-state index in [2.05, 4.69) is 6.58 Å². The van der Waals surface area contributed by atoms with Crippen LogP contribution in [0.2, 0.25) is 0 Å². The average molecular weight is 248 g/mol. The Morgan fingerprint density at radius 3 is 2.56 bits per heavy atom. The van der Waals surface area contributed by atoms with E-state index in [0.717, 1.165) is 18.8 Å². The third kappa shape index (κ3) is 4.41. The van der Waals surface area contributed by atoms with E-state index in [0.29, 0.717) is 17.7 Å². The predicted octanol–water partition coefficient (Wildman–Crippen LogP) is 2.73. The second kappa shape index (κ2) is 7.27. The van der Waals surface area contributed by atoms with Gasteiger partial charge >= 0.3 is 5.97 Å². The number of hydrogen-bond donors (Lipinski definition) is 0. The van der Waals surface area contributed by atoms with E-state index in [4.69, 9.17) is 9.47 Å². The number of esters is 1. The normalized spacial score (nSPS) is 11.4. The number of aldehydes is 1. The van der Waals surface area contributed by atoms with Gasteiger partial charge in [0.05, 0.1) is 0 Å². The van der Waals surface area contributed by atoms with E-state index < -0.39 is 12.3 Å². The van der Waals surface area contributed by atoms with Gasteiger partial charge in [-0.25, -0.2) is 4.79 Å². The van der Waals surface area contributed by atoms with E-state index in [1.54, 1.807) is 24.3 Å². The van der Waals surface area contributed by atoms with Crippen LogP contribution in [0.25, 0.3) is 0 Å². The summed E-state index contributed by atoms with van der Waals surface area (Å²) >= 11 is 0. The minimum atomic E-state index is -0.636. The van der Waals surface area contributed by atoms with Gasteiger partial charge in [-0.2, -0.15) is 0 Å². The molecule has 0 amide bonds. The summed E-state index contributed by atoms with van der Waals surface area (Å²) in [6.45, 7) is 5.30. The van der Waals surface area contributed by atoms with E-state index >= 15 is 0 Å². The maximum absolute atomic E-state index is 11.1. The second-order valence-corrected chi connectivity index (χ2v) is 3.66. The largest absolute Gasteiger partial charge is 0.455 e. The van der Waals surface area contributed by atoms with Crippen LogP contribution in [0, 0.1) is 0 Å². The van der Waals surface area contributed by atoms with Gasteiger partial charge in [-0.1, -0.05) is 13.5 Å². The Morgan fingerprint density at radius 2 is 2.06 bits per heavy atom. The molecule has 0 aromatic heterocycles. The Hall–Kier alpha value is -2.10. The highest BCUT2D eigenvalue weighted by molar-refractivity contribution is 5.81. The van der Waals surface area contributed by atoms with Crippen molar-refractivity contribution < 1.29 is 19.1 Å². The fraction of sp³-hybridized carbons (Fsp3) is 0.286. The molecule has 1 rings (SSSR count). The monoisotopic (exact) mass is 248 g/mol. The van der Waals surface area contributed by atoms with Crippen LogP contribution in [0.5, 0.6) is 5.75 Å². The number of carbonyl (C=O) groups is 2. The third-order valence-corrected chi connectivity index (χ3v) is 2.22. The van der Waals surface area contributed by atoms with Crippen molar-refractivity contribution in [2.45, 2.75) is 26.1 Å². The molecule has 0 aliphatic rings. The zero-order valence-electron chi connectivity index (χ0n) is 10.3. The van der Waals surface area contributed by atoms with Gasteiger partial charge in [0.25, 0.3) is 0 Å². The molecule has 1 unspecified atom stereocenters.